The molecule has 5 nitrogen and oxygen atoms in total. The van der Waals surface area contributed by atoms with Gasteiger partial charge in [0.25, 0.3) is 5.91 Å². The molecule has 94 valence electrons. The van der Waals surface area contributed by atoms with Crippen molar-refractivity contribution in [1.82, 2.24) is 9.88 Å². The number of amides is 1. The average Bonchev–Trinajstić information content (AvgIpc) is 2.38. The highest BCUT2D eigenvalue weighted by Crippen LogP contribution is 2.04. The molecule has 0 aliphatic carbocycles. The zero-order valence-electron chi connectivity index (χ0n) is 9.87. The molecule has 0 saturated heterocycles. The first-order valence-electron chi connectivity index (χ1n) is 5.31. The van der Waals surface area contributed by atoms with Crippen molar-refractivity contribution < 1.29 is 14.7 Å². The van der Waals surface area contributed by atoms with Crippen LogP contribution in [0.1, 0.15) is 21.0 Å². The van der Waals surface area contributed by atoms with Gasteiger partial charge < -0.3 is 10.0 Å². The number of carbonyl (C=O) groups is 2. The minimum absolute atomic E-state index is 0.0959. The van der Waals surface area contributed by atoms with E-state index >= 15 is 0 Å². The topological polar surface area (TPSA) is 70.5 Å². The standard InChI is InChI=1S/C13H14N2O3/c1-3-8-15(9-4-2)12(16)10-6-5-7-11(14-10)13(17)18/h3-7H,1-2,8-9H2,(H,17,18). The number of aromatic nitrogens is 1. The van der Waals surface area contributed by atoms with Crippen molar-refractivity contribution in [3.63, 3.8) is 0 Å². The minimum Gasteiger partial charge on any atom is -0.477 e. The summed E-state index contributed by atoms with van der Waals surface area (Å²) in [5.41, 5.74) is -0.0587. The lowest BCUT2D eigenvalue weighted by Crippen LogP contribution is -2.32. The van der Waals surface area contributed by atoms with Gasteiger partial charge in [0.15, 0.2) is 0 Å². The van der Waals surface area contributed by atoms with Gasteiger partial charge in [-0.1, -0.05) is 18.2 Å². The summed E-state index contributed by atoms with van der Waals surface area (Å²) in [4.78, 5) is 28.1. The van der Waals surface area contributed by atoms with Crippen LogP contribution in [0.15, 0.2) is 43.5 Å². The highest BCUT2D eigenvalue weighted by atomic mass is 16.4. The molecular weight excluding hydrogens is 232 g/mol. The Bertz CT molecular complexity index is 473. The number of hydrogen-bond acceptors (Lipinski definition) is 3. The molecule has 0 fully saturated rings. The Hall–Kier alpha value is -2.43. The van der Waals surface area contributed by atoms with Gasteiger partial charge in [0.05, 0.1) is 0 Å². The van der Waals surface area contributed by atoms with E-state index in [-0.39, 0.29) is 17.3 Å². The smallest absolute Gasteiger partial charge is 0.354 e. The monoisotopic (exact) mass is 246 g/mol. The van der Waals surface area contributed by atoms with Crippen LogP contribution in [0.25, 0.3) is 0 Å². The second kappa shape index (κ2) is 6.34. The number of carbonyl (C=O) groups excluding carboxylic acids is 1. The number of carboxylic acid groups (broad SMARTS) is 1. The first kappa shape index (κ1) is 13.6. The molecule has 0 atom stereocenters. The molecule has 1 amide bonds. The maximum atomic E-state index is 12.1. The van der Waals surface area contributed by atoms with Crippen LogP contribution in [0.4, 0.5) is 0 Å². The van der Waals surface area contributed by atoms with Gasteiger partial charge in [-0.15, -0.1) is 13.2 Å². The maximum absolute atomic E-state index is 12.1. The molecule has 0 unspecified atom stereocenters. The van der Waals surface area contributed by atoms with Crippen LogP contribution in [0.3, 0.4) is 0 Å². The Morgan fingerprint density at radius 1 is 1.22 bits per heavy atom. The van der Waals surface area contributed by atoms with Gasteiger partial charge in [0, 0.05) is 13.1 Å². The molecule has 0 aliphatic rings. The summed E-state index contributed by atoms with van der Waals surface area (Å²) in [6, 6.07) is 4.31. The Balaban J connectivity index is 3.00. The van der Waals surface area contributed by atoms with Gasteiger partial charge in [-0.25, -0.2) is 9.78 Å². The van der Waals surface area contributed by atoms with Gasteiger partial charge in [-0.2, -0.15) is 0 Å². The minimum atomic E-state index is -1.16. The first-order valence-corrected chi connectivity index (χ1v) is 5.31. The van der Waals surface area contributed by atoms with E-state index < -0.39 is 5.97 Å². The van der Waals surface area contributed by atoms with Gasteiger partial charge in [0.2, 0.25) is 0 Å². The lowest BCUT2D eigenvalue weighted by atomic mass is 10.2. The van der Waals surface area contributed by atoms with E-state index in [2.05, 4.69) is 18.1 Å². The molecule has 0 radical (unpaired) electrons. The molecule has 0 spiro atoms. The third kappa shape index (κ3) is 3.28. The van der Waals surface area contributed by atoms with Crippen LogP contribution < -0.4 is 0 Å². The van der Waals surface area contributed by atoms with Crippen LogP contribution in [0.2, 0.25) is 0 Å². The van der Waals surface area contributed by atoms with Crippen molar-refractivity contribution in [2.45, 2.75) is 0 Å². The van der Waals surface area contributed by atoms with E-state index in [9.17, 15) is 9.59 Å². The normalized spacial score (nSPS) is 9.56. The zero-order chi connectivity index (χ0) is 13.5. The molecule has 18 heavy (non-hydrogen) atoms. The number of nitrogens with zero attached hydrogens (tertiary/aromatic N) is 2. The molecule has 1 heterocycles. The van der Waals surface area contributed by atoms with E-state index in [0.717, 1.165) is 0 Å². The van der Waals surface area contributed by atoms with Crippen molar-refractivity contribution in [3.05, 3.63) is 54.9 Å². The SMILES string of the molecule is C=CCN(CC=C)C(=O)c1cccc(C(=O)O)n1. The summed E-state index contributed by atoms with van der Waals surface area (Å²) < 4.78 is 0. The second-order valence-electron chi connectivity index (χ2n) is 3.50. The van der Waals surface area contributed by atoms with Crippen LogP contribution in [0, 0.1) is 0 Å². The van der Waals surface area contributed by atoms with Gasteiger partial charge in [0.1, 0.15) is 11.4 Å². The van der Waals surface area contributed by atoms with Crippen molar-refractivity contribution in [3.8, 4) is 0 Å². The third-order valence-corrected chi connectivity index (χ3v) is 2.17. The van der Waals surface area contributed by atoms with E-state index in [4.69, 9.17) is 5.11 Å². The second-order valence-corrected chi connectivity index (χ2v) is 3.50. The number of rotatable bonds is 6. The largest absolute Gasteiger partial charge is 0.477 e. The Morgan fingerprint density at radius 2 is 1.78 bits per heavy atom. The Morgan fingerprint density at radius 3 is 2.28 bits per heavy atom. The molecule has 0 aliphatic heterocycles. The number of hydrogen-bond donors (Lipinski definition) is 1. The predicted molar refractivity (Wildman–Crippen MR) is 67.5 cm³/mol. The predicted octanol–water partition coefficient (Wildman–Crippen LogP) is 1.59. The molecule has 1 aromatic rings. The van der Waals surface area contributed by atoms with Crippen LogP contribution in [0.5, 0.6) is 0 Å². The summed E-state index contributed by atoms with van der Waals surface area (Å²) in [7, 11) is 0. The fourth-order valence-electron chi connectivity index (χ4n) is 1.39. The number of pyridine rings is 1. The highest BCUT2D eigenvalue weighted by Gasteiger charge is 2.16. The molecule has 1 rings (SSSR count). The summed E-state index contributed by atoms with van der Waals surface area (Å²) in [5, 5.41) is 8.82. The Kier molecular flexibility index (Phi) is 4.80. The van der Waals surface area contributed by atoms with E-state index in [1.165, 1.54) is 23.1 Å². The molecule has 1 N–H and O–H groups in total. The summed E-state index contributed by atoms with van der Waals surface area (Å²) in [6.07, 6.45) is 3.17. The summed E-state index contributed by atoms with van der Waals surface area (Å²) >= 11 is 0. The van der Waals surface area contributed by atoms with E-state index in [0.29, 0.717) is 13.1 Å². The average molecular weight is 246 g/mol. The zero-order valence-corrected chi connectivity index (χ0v) is 9.87. The summed E-state index contributed by atoms with van der Waals surface area (Å²) in [5.74, 6) is -1.51. The van der Waals surface area contributed by atoms with Crippen LogP contribution in [-0.2, 0) is 0 Å². The molecular formula is C13H14N2O3. The van der Waals surface area contributed by atoms with Crippen molar-refractivity contribution >= 4 is 11.9 Å². The van der Waals surface area contributed by atoms with E-state index in [1.54, 1.807) is 12.2 Å². The highest BCUT2D eigenvalue weighted by molar-refractivity contribution is 5.94. The van der Waals surface area contributed by atoms with Crippen molar-refractivity contribution in [2.24, 2.45) is 0 Å². The van der Waals surface area contributed by atoms with Gasteiger partial charge in [-0.05, 0) is 12.1 Å². The maximum Gasteiger partial charge on any atom is 0.354 e. The molecule has 1 aromatic heterocycles. The van der Waals surface area contributed by atoms with Crippen LogP contribution >= 0.6 is 0 Å². The van der Waals surface area contributed by atoms with Gasteiger partial charge in [-0.3, -0.25) is 4.79 Å². The first-order chi connectivity index (χ1) is 8.60. The lowest BCUT2D eigenvalue weighted by molar-refractivity contribution is 0.0690. The van der Waals surface area contributed by atoms with Crippen molar-refractivity contribution in [2.75, 3.05) is 13.1 Å². The fourth-order valence-corrected chi connectivity index (χ4v) is 1.39. The number of aromatic carboxylic acids is 1. The van der Waals surface area contributed by atoms with Gasteiger partial charge >= 0.3 is 5.97 Å². The molecule has 0 bridgehead atoms. The van der Waals surface area contributed by atoms with E-state index in [1.807, 2.05) is 0 Å². The van der Waals surface area contributed by atoms with Crippen molar-refractivity contribution in [1.29, 1.82) is 0 Å². The molecule has 0 saturated carbocycles. The summed E-state index contributed by atoms with van der Waals surface area (Å²) in [6.45, 7) is 7.83. The fraction of sp³-hybridized carbons (Fsp3) is 0.154. The Labute approximate surface area is 105 Å². The third-order valence-electron chi connectivity index (χ3n) is 2.17. The molecule has 5 heteroatoms. The van der Waals surface area contributed by atoms with Crippen LogP contribution in [-0.4, -0.2) is 40.0 Å². The number of carboxylic acids is 1. The quantitative estimate of drug-likeness (QED) is 0.774. The molecule has 0 aromatic carbocycles. The lowest BCUT2D eigenvalue weighted by Gasteiger charge is -2.18.